The van der Waals surface area contributed by atoms with Crippen LogP contribution in [-0.4, -0.2) is 17.2 Å². The van der Waals surface area contributed by atoms with Crippen molar-refractivity contribution in [1.82, 2.24) is 0 Å². The second-order valence-electron chi connectivity index (χ2n) is 3.77. The molecule has 1 aromatic heterocycles. The van der Waals surface area contributed by atoms with E-state index in [4.69, 9.17) is 21.8 Å². The van der Waals surface area contributed by atoms with E-state index in [9.17, 15) is 9.59 Å². The molecule has 0 radical (unpaired) electrons. The van der Waals surface area contributed by atoms with Gasteiger partial charge in [0, 0.05) is 5.39 Å². The van der Waals surface area contributed by atoms with Crippen molar-refractivity contribution in [3.63, 3.8) is 0 Å². The number of primary amides is 1. The summed E-state index contributed by atoms with van der Waals surface area (Å²) in [6.07, 6.45) is 0. The second kappa shape index (κ2) is 4.70. The lowest BCUT2D eigenvalue weighted by Gasteiger charge is -2.05. The Kier molecular flexibility index (Phi) is 3.25. The minimum Gasteiger partial charge on any atom is -0.449 e. The van der Waals surface area contributed by atoms with Gasteiger partial charge in [-0.15, -0.1) is 11.6 Å². The number of nitrogens with two attached hydrogens (primary N) is 1. The Hall–Kier alpha value is -2.01. The zero-order valence-electron chi connectivity index (χ0n) is 9.57. The van der Waals surface area contributed by atoms with Gasteiger partial charge in [0.05, 0.1) is 0 Å². The maximum absolute atomic E-state index is 11.6. The van der Waals surface area contributed by atoms with E-state index in [1.54, 1.807) is 24.3 Å². The molecular formula is C12H11ClN2O3. The van der Waals surface area contributed by atoms with Crippen molar-refractivity contribution in [2.75, 3.05) is 5.32 Å². The summed E-state index contributed by atoms with van der Waals surface area (Å²) in [6.45, 7) is 1.53. The van der Waals surface area contributed by atoms with Crippen molar-refractivity contribution in [3.8, 4) is 0 Å². The van der Waals surface area contributed by atoms with Crippen LogP contribution in [0, 0.1) is 0 Å². The SMILES string of the molecule is C[C@H](Cl)C(=O)Nc1c(C(N)=O)oc2ccccc12. The fraction of sp³-hybridized carbons (Fsp3) is 0.167. The number of rotatable bonds is 3. The number of benzene rings is 1. The van der Waals surface area contributed by atoms with E-state index in [1.807, 2.05) is 0 Å². The van der Waals surface area contributed by atoms with Crippen molar-refractivity contribution in [1.29, 1.82) is 0 Å². The highest BCUT2D eigenvalue weighted by Crippen LogP contribution is 2.30. The van der Waals surface area contributed by atoms with Crippen LogP contribution in [0.3, 0.4) is 0 Å². The van der Waals surface area contributed by atoms with E-state index in [0.717, 1.165) is 0 Å². The number of furan rings is 1. The molecule has 2 amide bonds. The zero-order valence-corrected chi connectivity index (χ0v) is 10.3. The summed E-state index contributed by atoms with van der Waals surface area (Å²) >= 11 is 5.67. The first-order valence-electron chi connectivity index (χ1n) is 5.27. The molecule has 0 saturated heterocycles. The van der Waals surface area contributed by atoms with Gasteiger partial charge in [-0.25, -0.2) is 0 Å². The third-order valence-electron chi connectivity index (χ3n) is 2.43. The molecule has 0 spiro atoms. The lowest BCUT2D eigenvalue weighted by Crippen LogP contribution is -2.22. The Balaban J connectivity index is 2.55. The number of hydrogen-bond acceptors (Lipinski definition) is 3. The van der Waals surface area contributed by atoms with Gasteiger partial charge in [0.2, 0.25) is 11.7 Å². The quantitative estimate of drug-likeness (QED) is 0.834. The number of carbonyl (C=O) groups excluding carboxylic acids is 2. The van der Waals surface area contributed by atoms with Crippen LogP contribution in [-0.2, 0) is 4.79 Å². The number of fused-ring (bicyclic) bond motifs is 1. The van der Waals surface area contributed by atoms with Crippen molar-refractivity contribution >= 4 is 40.1 Å². The Labute approximate surface area is 108 Å². The summed E-state index contributed by atoms with van der Waals surface area (Å²) in [4.78, 5) is 22.9. The van der Waals surface area contributed by atoms with Gasteiger partial charge in [-0.3, -0.25) is 9.59 Å². The van der Waals surface area contributed by atoms with Crippen LogP contribution in [0.5, 0.6) is 0 Å². The summed E-state index contributed by atoms with van der Waals surface area (Å²) in [6, 6.07) is 6.93. The van der Waals surface area contributed by atoms with Crippen LogP contribution in [0.15, 0.2) is 28.7 Å². The van der Waals surface area contributed by atoms with Crippen LogP contribution in [0.25, 0.3) is 11.0 Å². The van der Waals surface area contributed by atoms with Crippen molar-refractivity contribution < 1.29 is 14.0 Å². The highest BCUT2D eigenvalue weighted by molar-refractivity contribution is 6.32. The lowest BCUT2D eigenvalue weighted by atomic mass is 10.2. The minimum atomic E-state index is -0.747. The highest BCUT2D eigenvalue weighted by Gasteiger charge is 2.21. The van der Waals surface area contributed by atoms with Crippen LogP contribution < -0.4 is 11.1 Å². The maximum atomic E-state index is 11.6. The molecule has 5 nitrogen and oxygen atoms in total. The lowest BCUT2D eigenvalue weighted by molar-refractivity contribution is -0.115. The molecule has 0 aliphatic heterocycles. The monoisotopic (exact) mass is 266 g/mol. The third-order valence-corrected chi connectivity index (χ3v) is 2.63. The number of nitrogens with one attached hydrogen (secondary N) is 1. The molecule has 1 heterocycles. The summed E-state index contributed by atoms with van der Waals surface area (Å²) in [5, 5.41) is 2.43. The zero-order chi connectivity index (χ0) is 13.3. The summed E-state index contributed by atoms with van der Waals surface area (Å²) < 4.78 is 5.31. The number of carbonyl (C=O) groups is 2. The molecule has 6 heteroatoms. The third kappa shape index (κ3) is 2.17. The van der Waals surface area contributed by atoms with Gasteiger partial charge in [0.15, 0.2) is 0 Å². The summed E-state index contributed by atoms with van der Waals surface area (Å²) in [5.74, 6) is -1.25. The van der Waals surface area contributed by atoms with Crippen LogP contribution >= 0.6 is 11.6 Å². The van der Waals surface area contributed by atoms with Gasteiger partial charge in [-0.05, 0) is 19.1 Å². The predicted molar refractivity (Wildman–Crippen MR) is 68.7 cm³/mol. The second-order valence-corrected chi connectivity index (χ2v) is 4.43. The van der Waals surface area contributed by atoms with Crippen LogP contribution in [0.4, 0.5) is 5.69 Å². The molecule has 0 aliphatic carbocycles. The number of hydrogen-bond donors (Lipinski definition) is 2. The first-order valence-corrected chi connectivity index (χ1v) is 5.70. The van der Waals surface area contributed by atoms with Gasteiger partial charge in [0.1, 0.15) is 16.6 Å². The van der Waals surface area contributed by atoms with Crippen LogP contribution in [0.1, 0.15) is 17.5 Å². The molecule has 0 fully saturated rings. The van der Waals surface area contributed by atoms with Gasteiger partial charge in [0.25, 0.3) is 5.91 Å². The molecular weight excluding hydrogens is 256 g/mol. The molecule has 1 aromatic carbocycles. The molecule has 2 aromatic rings. The molecule has 18 heavy (non-hydrogen) atoms. The number of para-hydroxylation sites is 1. The Morgan fingerprint density at radius 2 is 2.06 bits per heavy atom. The Morgan fingerprint density at radius 1 is 1.39 bits per heavy atom. The van der Waals surface area contributed by atoms with Crippen molar-refractivity contribution in [2.45, 2.75) is 12.3 Å². The molecule has 2 rings (SSSR count). The first kappa shape index (κ1) is 12.4. The average molecular weight is 267 g/mol. The summed E-state index contributed by atoms with van der Waals surface area (Å²) in [7, 11) is 0. The summed E-state index contributed by atoms with van der Waals surface area (Å²) in [5.41, 5.74) is 5.95. The maximum Gasteiger partial charge on any atom is 0.286 e. The number of alkyl halides is 1. The molecule has 0 bridgehead atoms. The smallest absolute Gasteiger partial charge is 0.286 e. The number of halogens is 1. The predicted octanol–water partition coefficient (Wildman–Crippen LogP) is 2.10. The largest absolute Gasteiger partial charge is 0.449 e. The van der Waals surface area contributed by atoms with E-state index < -0.39 is 17.2 Å². The Morgan fingerprint density at radius 3 is 2.67 bits per heavy atom. The Bertz CT molecular complexity index is 619. The van der Waals surface area contributed by atoms with E-state index in [1.165, 1.54) is 6.92 Å². The highest BCUT2D eigenvalue weighted by atomic mass is 35.5. The van der Waals surface area contributed by atoms with Gasteiger partial charge in [-0.1, -0.05) is 12.1 Å². The molecule has 3 N–H and O–H groups in total. The minimum absolute atomic E-state index is 0.0816. The standard InChI is InChI=1S/C12H11ClN2O3/c1-6(13)12(17)15-9-7-4-2-3-5-8(7)18-10(9)11(14)16/h2-6H,1H3,(H2,14,16)(H,15,17)/t6-/m0/s1. The van der Waals surface area contributed by atoms with E-state index in [0.29, 0.717) is 11.0 Å². The first-order chi connectivity index (χ1) is 8.50. The number of amides is 2. The van der Waals surface area contributed by atoms with Gasteiger partial charge < -0.3 is 15.5 Å². The van der Waals surface area contributed by atoms with Gasteiger partial charge >= 0.3 is 0 Å². The molecule has 0 saturated carbocycles. The molecule has 0 aliphatic rings. The van der Waals surface area contributed by atoms with E-state index in [2.05, 4.69) is 5.32 Å². The normalized spacial score (nSPS) is 12.3. The van der Waals surface area contributed by atoms with E-state index >= 15 is 0 Å². The fourth-order valence-electron chi connectivity index (χ4n) is 1.57. The molecule has 94 valence electrons. The average Bonchev–Trinajstić information content (AvgIpc) is 2.68. The topological polar surface area (TPSA) is 85.3 Å². The van der Waals surface area contributed by atoms with Crippen molar-refractivity contribution in [2.24, 2.45) is 5.73 Å². The van der Waals surface area contributed by atoms with Crippen molar-refractivity contribution in [3.05, 3.63) is 30.0 Å². The van der Waals surface area contributed by atoms with Crippen LogP contribution in [0.2, 0.25) is 0 Å². The van der Waals surface area contributed by atoms with Gasteiger partial charge in [-0.2, -0.15) is 0 Å². The number of anilines is 1. The fourth-order valence-corrected chi connectivity index (χ4v) is 1.62. The molecule has 1 atom stereocenters. The van der Waals surface area contributed by atoms with E-state index in [-0.39, 0.29) is 11.4 Å². The molecule has 0 unspecified atom stereocenters.